The van der Waals surface area contributed by atoms with Gasteiger partial charge in [-0.1, -0.05) is 11.8 Å². The van der Waals surface area contributed by atoms with E-state index in [1.807, 2.05) is 6.26 Å². The number of nitrogen functional groups attached to an aromatic ring is 1. The number of thioether (sulfide) groups is 1. The van der Waals surface area contributed by atoms with Crippen molar-refractivity contribution in [1.82, 2.24) is 14.8 Å². The Labute approximate surface area is 57.5 Å². The number of aromatic nitrogens is 3. The predicted molar refractivity (Wildman–Crippen MR) is 37.2 cm³/mol. The van der Waals surface area contributed by atoms with Crippen LogP contribution in [0, 0.1) is 0 Å². The Morgan fingerprint density at radius 2 is 2.33 bits per heavy atom. The van der Waals surface area contributed by atoms with Crippen molar-refractivity contribution in [3.8, 4) is 0 Å². The molecule has 0 aromatic carbocycles. The summed E-state index contributed by atoms with van der Waals surface area (Å²) in [6.07, 6.45) is 1.91. The molecule has 0 fully saturated rings. The normalized spacial score (nSPS) is 10.0. The quantitative estimate of drug-likeness (QED) is 0.569. The largest absolute Gasteiger partial charge is 0.368 e. The molecule has 50 valence electrons. The van der Waals surface area contributed by atoms with Crippen LogP contribution >= 0.6 is 11.8 Å². The lowest BCUT2D eigenvalue weighted by Gasteiger charge is -1.85. The van der Waals surface area contributed by atoms with E-state index < -0.39 is 0 Å². The highest BCUT2D eigenvalue weighted by atomic mass is 32.2. The summed E-state index contributed by atoms with van der Waals surface area (Å²) in [5.74, 6) is 0.458. The lowest BCUT2D eigenvalue weighted by Crippen LogP contribution is -1.97. The number of aryl methyl sites for hydroxylation is 1. The van der Waals surface area contributed by atoms with Crippen molar-refractivity contribution in [2.24, 2.45) is 7.05 Å². The van der Waals surface area contributed by atoms with Crippen LogP contribution in [-0.4, -0.2) is 21.0 Å². The minimum Gasteiger partial charge on any atom is -0.368 e. The molecule has 0 unspecified atom stereocenters. The monoisotopic (exact) mass is 144 g/mol. The molecule has 4 nitrogen and oxygen atoms in total. The standard InChI is InChI=1S/C4H8N4S/c1-8-3(5)6-4(7-8)9-2/h1-2H3,(H2,5,6,7). The number of rotatable bonds is 1. The molecule has 1 heterocycles. The maximum atomic E-state index is 5.39. The summed E-state index contributed by atoms with van der Waals surface area (Å²) in [5, 5.41) is 4.69. The molecule has 0 bridgehead atoms. The molecule has 1 aromatic heterocycles. The topological polar surface area (TPSA) is 56.7 Å². The van der Waals surface area contributed by atoms with Gasteiger partial charge in [-0.05, 0) is 6.26 Å². The Kier molecular flexibility index (Phi) is 1.61. The summed E-state index contributed by atoms with van der Waals surface area (Å²) in [7, 11) is 1.77. The van der Waals surface area contributed by atoms with Crippen molar-refractivity contribution in [3.05, 3.63) is 0 Å². The van der Waals surface area contributed by atoms with E-state index in [2.05, 4.69) is 10.1 Å². The van der Waals surface area contributed by atoms with Crippen LogP contribution in [0.15, 0.2) is 5.16 Å². The van der Waals surface area contributed by atoms with Crippen molar-refractivity contribution in [2.45, 2.75) is 5.16 Å². The Hall–Kier alpha value is -0.710. The van der Waals surface area contributed by atoms with Crippen molar-refractivity contribution < 1.29 is 0 Å². The van der Waals surface area contributed by atoms with Gasteiger partial charge in [0.25, 0.3) is 0 Å². The molecule has 0 aliphatic carbocycles. The molecule has 5 heteroatoms. The molecular weight excluding hydrogens is 136 g/mol. The zero-order chi connectivity index (χ0) is 6.85. The van der Waals surface area contributed by atoms with E-state index in [4.69, 9.17) is 5.73 Å². The number of hydrogen-bond donors (Lipinski definition) is 1. The molecule has 0 spiro atoms. The summed E-state index contributed by atoms with van der Waals surface area (Å²) < 4.78 is 1.55. The van der Waals surface area contributed by atoms with Crippen LogP contribution in [0.25, 0.3) is 0 Å². The van der Waals surface area contributed by atoms with Crippen molar-refractivity contribution in [2.75, 3.05) is 12.0 Å². The van der Waals surface area contributed by atoms with Gasteiger partial charge in [0.05, 0.1) is 0 Å². The Balaban J connectivity index is 2.98. The second kappa shape index (κ2) is 2.26. The highest BCUT2D eigenvalue weighted by Gasteiger charge is 1.99. The second-order valence-electron chi connectivity index (χ2n) is 1.58. The molecule has 0 aliphatic heterocycles. The third-order valence-corrected chi connectivity index (χ3v) is 1.50. The van der Waals surface area contributed by atoms with E-state index in [9.17, 15) is 0 Å². The molecule has 0 amide bonds. The predicted octanol–water partition coefficient (Wildman–Crippen LogP) is 0.119. The SMILES string of the molecule is CSc1nc(N)n(C)n1. The number of nitrogens with two attached hydrogens (primary N) is 1. The molecule has 1 rings (SSSR count). The van der Waals surface area contributed by atoms with Crippen molar-refractivity contribution in [1.29, 1.82) is 0 Å². The first kappa shape index (κ1) is 6.41. The van der Waals surface area contributed by atoms with Crippen LogP contribution in [-0.2, 0) is 7.05 Å². The number of hydrogen-bond acceptors (Lipinski definition) is 4. The van der Waals surface area contributed by atoms with Crippen LogP contribution in [0.4, 0.5) is 5.95 Å². The number of anilines is 1. The first-order chi connectivity index (χ1) is 4.24. The lowest BCUT2D eigenvalue weighted by atomic mass is 11.0. The molecule has 0 saturated carbocycles. The van der Waals surface area contributed by atoms with Gasteiger partial charge in [0.2, 0.25) is 11.1 Å². The van der Waals surface area contributed by atoms with E-state index in [0.717, 1.165) is 5.16 Å². The van der Waals surface area contributed by atoms with Gasteiger partial charge in [0.15, 0.2) is 0 Å². The molecule has 0 aliphatic rings. The zero-order valence-corrected chi connectivity index (χ0v) is 6.14. The third-order valence-electron chi connectivity index (χ3n) is 0.960. The highest BCUT2D eigenvalue weighted by Crippen LogP contribution is 2.08. The minimum absolute atomic E-state index is 0.458. The van der Waals surface area contributed by atoms with E-state index >= 15 is 0 Å². The van der Waals surface area contributed by atoms with Crippen LogP contribution in [0.1, 0.15) is 0 Å². The van der Waals surface area contributed by atoms with Gasteiger partial charge in [-0.3, -0.25) is 0 Å². The minimum atomic E-state index is 0.458. The first-order valence-electron chi connectivity index (χ1n) is 2.44. The van der Waals surface area contributed by atoms with Gasteiger partial charge >= 0.3 is 0 Å². The van der Waals surface area contributed by atoms with E-state index in [1.165, 1.54) is 11.8 Å². The summed E-state index contributed by atoms with van der Waals surface area (Å²) in [6.45, 7) is 0. The Morgan fingerprint density at radius 1 is 1.67 bits per heavy atom. The Bertz CT molecular complexity index is 187. The zero-order valence-electron chi connectivity index (χ0n) is 5.33. The molecule has 0 radical (unpaired) electrons. The summed E-state index contributed by atoms with van der Waals surface area (Å²) in [4.78, 5) is 3.92. The fraction of sp³-hybridized carbons (Fsp3) is 0.500. The van der Waals surface area contributed by atoms with Crippen LogP contribution in [0.2, 0.25) is 0 Å². The van der Waals surface area contributed by atoms with E-state index in [1.54, 1.807) is 11.7 Å². The lowest BCUT2D eigenvalue weighted by molar-refractivity contribution is 0.747. The molecule has 0 saturated heterocycles. The van der Waals surface area contributed by atoms with Gasteiger partial charge in [-0.15, -0.1) is 5.10 Å². The maximum absolute atomic E-state index is 5.39. The maximum Gasteiger partial charge on any atom is 0.219 e. The molecule has 0 atom stereocenters. The average Bonchev–Trinajstić information content (AvgIpc) is 2.13. The number of nitrogens with zero attached hydrogens (tertiary/aromatic N) is 3. The van der Waals surface area contributed by atoms with Crippen LogP contribution < -0.4 is 5.73 Å². The van der Waals surface area contributed by atoms with E-state index in [-0.39, 0.29) is 0 Å². The summed E-state index contributed by atoms with van der Waals surface area (Å²) in [5.41, 5.74) is 5.39. The van der Waals surface area contributed by atoms with Crippen LogP contribution in [0.3, 0.4) is 0 Å². The van der Waals surface area contributed by atoms with Gasteiger partial charge in [-0.2, -0.15) is 4.98 Å². The smallest absolute Gasteiger partial charge is 0.219 e. The molecule has 2 N–H and O–H groups in total. The van der Waals surface area contributed by atoms with Gasteiger partial charge in [0, 0.05) is 7.05 Å². The fourth-order valence-electron chi connectivity index (χ4n) is 0.459. The fourth-order valence-corrected chi connectivity index (χ4v) is 0.848. The van der Waals surface area contributed by atoms with Crippen LogP contribution in [0.5, 0.6) is 0 Å². The third kappa shape index (κ3) is 1.16. The Morgan fingerprint density at radius 3 is 2.56 bits per heavy atom. The van der Waals surface area contributed by atoms with E-state index in [0.29, 0.717) is 5.95 Å². The van der Waals surface area contributed by atoms with Gasteiger partial charge in [-0.25, -0.2) is 4.68 Å². The second-order valence-corrected chi connectivity index (χ2v) is 2.35. The summed E-state index contributed by atoms with van der Waals surface area (Å²) in [6, 6.07) is 0. The summed E-state index contributed by atoms with van der Waals surface area (Å²) >= 11 is 1.48. The first-order valence-corrected chi connectivity index (χ1v) is 3.67. The average molecular weight is 144 g/mol. The van der Waals surface area contributed by atoms with Crippen molar-refractivity contribution >= 4 is 17.7 Å². The molecule has 1 aromatic rings. The molecule has 9 heavy (non-hydrogen) atoms. The van der Waals surface area contributed by atoms with Crippen molar-refractivity contribution in [3.63, 3.8) is 0 Å². The molecular formula is C4H8N4S. The highest BCUT2D eigenvalue weighted by molar-refractivity contribution is 7.98. The van der Waals surface area contributed by atoms with Gasteiger partial charge in [0.1, 0.15) is 0 Å². The van der Waals surface area contributed by atoms with Gasteiger partial charge < -0.3 is 5.73 Å².